The van der Waals surface area contributed by atoms with Gasteiger partial charge in [0.15, 0.2) is 0 Å². The highest BCUT2D eigenvalue weighted by Crippen LogP contribution is 2.27. The highest BCUT2D eigenvalue weighted by atomic mass is 32.2. The van der Waals surface area contributed by atoms with Crippen molar-refractivity contribution >= 4 is 22.0 Å². The van der Waals surface area contributed by atoms with E-state index < -0.39 is 16.1 Å². The van der Waals surface area contributed by atoms with Gasteiger partial charge in [-0.05, 0) is 44.7 Å². The molecular weight excluding hydrogens is 388 g/mol. The van der Waals surface area contributed by atoms with Crippen LogP contribution in [0.25, 0.3) is 0 Å². The fourth-order valence-corrected chi connectivity index (χ4v) is 3.74. The van der Waals surface area contributed by atoms with Crippen molar-refractivity contribution in [3.8, 4) is 11.9 Å². The molecule has 0 saturated heterocycles. The minimum absolute atomic E-state index is 0.00911. The average molecular weight is 408 g/mol. The smallest absolute Gasteiger partial charge is 0.335 e. The van der Waals surface area contributed by atoms with Crippen molar-refractivity contribution in [3.05, 3.63) is 24.2 Å². The van der Waals surface area contributed by atoms with Crippen LogP contribution in [0.5, 0.6) is 11.9 Å². The van der Waals surface area contributed by atoms with Crippen LogP contribution >= 0.6 is 0 Å². The van der Waals surface area contributed by atoms with E-state index in [-0.39, 0.29) is 28.8 Å². The lowest BCUT2D eigenvalue weighted by Crippen LogP contribution is -2.35. The first-order valence-corrected chi connectivity index (χ1v) is 10.1. The number of urea groups is 1. The number of ether oxygens (including phenoxy) is 2. The van der Waals surface area contributed by atoms with Gasteiger partial charge in [0.2, 0.25) is 11.8 Å². The largest absolute Gasteiger partial charge is 0.473 e. The summed E-state index contributed by atoms with van der Waals surface area (Å²) in [4.78, 5) is 27.6. The molecule has 0 aromatic carbocycles. The molecule has 3 rings (SSSR count). The van der Waals surface area contributed by atoms with Crippen molar-refractivity contribution in [1.82, 2.24) is 24.7 Å². The summed E-state index contributed by atoms with van der Waals surface area (Å²) in [5.74, 6) is 0.113. The van der Waals surface area contributed by atoms with Gasteiger partial charge in [0.05, 0.1) is 7.11 Å². The van der Waals surface area contributed by atoms with Crippen LogP contribution < -0.4 is 19.5 Å². The number of hydrogen-bond acceptors (Lipinski definition) is 9. The van der Waals surface area contributed by atoms with Gasteiger partial charge in [-0.25, -0.2) is 22.9 Å². The zero-order chi connectivity index (χ0) is 20.1. The van der Waals surface area contributed by atoms with E-state index in [9.17, 15) is 13.2 Å². The van der Waals surface area contributed by atoms with Crippen LogP contribution in [0.15, 0.2) is 23.2 Å². The number of methoxy groups -OCH3 is 1. The maximum absolute atomic E-state index is 12.6. The normalized spacial score (nSPS) is 14.5. The lowest BCUT2D eigenvalue weighted by molar-refractivity contribution is 0.195. The monoisotopic (exact) mass is 408 g/mol. The Kier molecular flexibility index (Phi) is 5.87. The Labute approximate surface area is 162 Å². The molecule has 0 radical (unpaired) electrons. The first-order chi connectivity index (χ1) is 13.4. The van der Waals surface area contributed by atoms with E-state index in [1.54, 1.807) is 6.92 Å². The van der Waals surface area contributed by atoms with Crippen LogP contribution in [0.2, 0.25) is 0 Å². The maximum Gasteiger partial charge on any atom is 0.335 e. The quantitative estimate of drug-likeness (QED) is 0.724. The van der Waals surface area contributed by atoms with Gasteiger partial charge in [-0.3, -0.25) is 5.32 Å². The summed E-state index contributed by atoms with van der Waals surface area (Å²) in [6.45, 7) is 1.58. The van der Waals surface area contributed by atoms with Gasteiger partial charge in [-0.15, -0.1) is 0 Å². The molecule has 0 unspecified atom stereocenters. The van der Waals surface area contributed by atoms with E-state index in [1.165, 1.54) is 25.4 Å². The number of carbonyl (C=O) groups is 1. The number of nitrogens with one attached hydrogen (secondary N) is 2. The van der Waals surface area contributed by atoms with Crippen molar-refractivity contribution < 1.29 is 22.7 Å². The lowest BCUT2D eigenvalue weighted by atomic mass is 10.3. The number of anilines is 1. The topological polar surface area (TPSA) is 145 Å². The van der Waals surface area contributed by atoms with E-state index in [0.717, 1.165) is 25.7 Å². The van der Waals surface area contributed by atoms with Gasteiger partial charge in [0, 0.05) is 6.20 Å². The fraction of sp³-hybridized carbons (Fsp3) is 0.438. The van der Waals surface area contributed by atoms with Crippen LogP contribution in [0.1, 0.15) is 31.5 Å². The molecule has 2 amide bonds. The number of pyridine rings is 1. The summed E-state index contributed by atoms with van der Waals surface area (Å²) in [6.07, 6.45) is 5.07. The Balaban J connectivity index is 1.74. The molecule has 1 aliphatic rings. The number of sulfonamides is 1. The standard InChI is InChI=1S/C16H20N6O5S/c1-10-18-14(21-16(19-10)26-2)20-15(23)22-28(24,25)12-8-5-9-17-13(12)27-11-6-3-4-7-11/h5,8-9,11H,3-4,6-7H2,1-2H3,(H2,18,19,20,21,22,23). The molecule has 0 spiro atoms. The highest BCUT2D eigenvalue weighted by molar-refractivity contribution is 7.90. The molecule has 2 aromatic heterocycles. The third-order valence-electron chi connectivity index (χ3n) is 3.97. The third-order valence-corrected chi connectivity index (χ3v) is 5.31. The lowest BCUT2D eigenvalue weighted by Gasteiger charge is -2.15. The maximum atomic E-state index is 12.6. The Morgan fingerprint density at radius 3 is 2.68 bits per heavy atom. The molecule has 2 aromatic rings. The van der Waals surface area contributed by atoms with Crippen LogP contribution in [0, 0.1) is 6.92 Å². The summed E-state index contributed by atoms with van der Waals surface area (Å²) >= 11 is 0. The zero-order valence-electron chi connectivity index (χ0n) is 15.4. The number of amides is 2. The Morgan fingerprint density at radius 2 is 1.96 bits per heavy atom. The van der Waals surface area contributed by atoms with E-state index in [4.69, 9.17) is 9.47 Å². The van der Waals surface area contributed by atoms with Gasteiger partial charge in [-0.1, -0.05) is 0 Å². The zero-order valence-corrected chi connectivity index (χ0v) is 16.2. The van der Waals surface area contributed by atoms with Crippen molar-refractivity contribution in [1.29, 1.82) is 0 Å². The molecule has 1 saturated carbocycles. The minimum atomic E-state index is -4.23. The van der Waals surface area contributed by atoms with Crippen LogP contribution in [0.4, 0.5) is 10.7 Å². The Morgan fingerprint density at radius 1 is 1.21 bits per heavy atom. The number of aryl methyl sites for hydroxylation is 1. The molecule has 2 N–H and O–H groups in total. The molecule has 2 heterocycles. The van der Waals surface area contributed by atoms with E-state index >= 15 is 0 Å². The molecule has 12 heteroatoms. The summed E-state index contributed by atoms with van der Waals surface area (Å²) in [5.41, 5.74) is 0. The van der Waals surface area contributed by atoms with E-state index in [0.29, 0.717) is 5.82 Å². The fourth-order valence-electron chi connectivity index (χ4n) is 2.74. The molecule has 28 heavy (non-hydrogen) atoms. The molecule has 0 atom stereocenters. The predicted molar refractivity (Wildman–Crippen MR) is 97.6 cm³/mol. The summed E-state index contributed by atoms with van der Waals surface area (Å²) < 4.78 is 37.8. The number of rotatable bonds is 6. The molecule has 150 valence electrons. The number of carbonyl (C=O) groups excluding carboxylic acids is 1. The molecule has 0 aliphatic heterocycles. The van der Waals surface area contributed by atoms with Crippen LogP contribution in [-0.4, -0.2) is 47.6 Å². The van der Waals surface area contributed by atoms with E-state index in [1.807, 2.05) is 4.72 Å². The van der Waals surface area contributed by atoms with Crippen molar-refractivity contribution in [3.63, 3.8) is 0 Å². The summed E-state index contributed by atoms with van der Waals surface area (Å²) in [7, 11) is -2.87. The van der Waals surface area contributed by atoms with Gasteiger partial charge < -0.3 is 9.47 Å². The van der Waals surface area contributed by atoms with Crippen LogP contribution in [-0.2, 0) is 10.0 Å². The summed E-state index contributed by atoms with van der Waals surface area (Å²) in [6, 6.07) is 1.73. The molecule has 0 bridgehead atoms. The first-order valence-electron chi connectivity index (χ1n) is 8.59. The second kappa shape index (κ2) is 8.33. The minimum Gasteiger partial charge on any atom is -0.473 e. The van der Waals surface area contributed by atoms with Gasteiger partial charge in [0.1, 0.15) is 16.8 Å². The average Bonchev–Trinajstić information content (AvgIpc) is 3.14. The second-order valence-corrected chi connectivity index (χ2v) is 7.73. The number of aromatic nitrogens is 4. The summed E-state index contributed by atoms with van der Waals surface area (Å²) in [5, 5.41) is 2.24. The molecule has 11 nitrogen and oxygen atoms in total. The molecule has 1 aliphatic carbocycles. The molecule has 1 fully saturated rings. The van der Waals surface area contributed by atoms with Crippen molar-refractivity contribution in [2.75, 3.05) is 12.4 Å². The van der Waals surface area contributed by atoms with Gasteiger partial charge >= 0.3 is 12.0 Å². The second-order valence-electron chi connectivity index (χ2n) is 6.08. The SMILES string of the molecule is COc1nc(C)nc(NC(=O)NS(=O)(=O)c2cccnc2OC2CCCC2)n1. The van der Waals surface area contributed by atoms with E-state index in [2.05, 4.69) is 25.3 Å². The first kappa shape index (κ1) is 19.7. The van der Waals surface area contributed by atoms with Gasteiger partial charge in [0.25, 0.3) is 10.0 Å². The number of nitrogens with zero attached hydrogens (tertiary/aromatic N) is 4. The number of hydrogen-bond donors (Lipinski definition) is 2. The third kappa shape index (κ3) is 4.82. The van der Waals surface area contributed by atoms with Crippen LogP contribution in [0.3, 0.4) is 0 Å². The Bertz CT molecular complexity index is 962. The Hall–Kier alpha value is -3.02. The van der Waals surface area contributed by atoms with Crippen molar-refractivity contribution in [2.45, 2.75) is 43.6 Å². The van der Waals surface area contributed by atoms with Crippen molar-refractivity contribution in [2.24, 2.45) is 0 Å². The highest BCUT2D eigenvalue weighted by Gasteiger charge is 2.26. The predicted octanol–water partition coefficient (Wildman–Crippen LogP) is 1.42. The van der Waals surface area contributed by atoms with Gasteiger partial charge in [-0.2, -0.15) is 15.0 Å². The molecular formula is C16H20N6O5S.